The van der Waals surface area contributed by atoms with E-state index < -0.39 is 21.7 Å². The van der Waals surface area contributed by atoms with Crippen molar-refractivity contribution in [2.75, 3.05) is 23.7 Å². The van der Waals surface area contributed by atoms with Crippen LogP contribution < -0.4 is 9.62 Å². The summed E-state index contributed by atoms with van der Waals surface area (Å²) >= 11 is 6.05. The summed E-state index contributed by atoms with van der Waals surface area (Å²) in [5.74, 6) is -0.851. The van der Waals surface area contributed by atoms with Crippen LogP contribution in [0.5, 0.6) is 0 Å². The predicted molar refractivity (Wildman–Crippen MR) is 92.4 cm³/mol. The number of nitrogens with zero attached hydrogens (tertiary/aromatic N) is 1. The number of hydrogen-bond acceptors (Lipinski definition) is 3. The molecule has 0 aromatic heterocycles. The van der Waals surface area contributed by atoms with Crippen molar-refractivity contribution in [3.05, 3.63) is 64.9 Å². The van der Waals surface area contributed by atoms with Gasteiger partial charge in [-0.1, -0.05) is 23.7 Å². The van der Waals surface area contributed by atoms with Crippen molar-refractivity contribution in [1.82, 2.24) is 5.32 Å². The van der Waals surface area contributed by atoms with E-state index >= 15 is 0 Å². The van der Waals surface area contributed by atoms with E-state index in [4.69, 9.17) is 11.6 Å². The maximum atomic E-state index is 12.8. The van der Waals surface area contributed by atoms with Crippen LogP contribution in [0.3, 0.4) is 0 Å². The van der Waals surface area contributed by atoms with Gasteiger partial charge in [0.2, 0.25) is 10.0 Å². The molecule has 1 amide bonds. The normalized spacial score (nSPS) is 11.1. The monoisotopic (exact) mass is 370 g/mol. The van der Waals surface area contributed by atoms with Crippen molar-refractivity contribution >= 4 is 33.2 Å². The second-order valence-electron chi connectivity index (χ2n) is 5.05. The zero-order valence-electron chi connectivity index (χ0n) is 12.9. The number of nitrogens with one attached hydrogen (secondary N) is 1. The van der Waals surface area contributed by atoms with Gasteiger partial charge in [-0.25, -0.2) is 12.8 Å². The van der Waals surface area contributed by atoms with Crippen LogP contribution >= 0.6 is 11.6 Å². The maximum Gasteiger partial charge on any atom is 0.251 e. The first-order valence-electron chi connectivity index (χ1n) is 7.05. The molecular weight excluding hydrogens is 355 g/mol. The Balaban J connectivity index is 2.05. The molecule has 0 aliphatic heterocycles. The number of benzene rings is 2. The van der Waals surface area contributed by atoms with Gasteiger partial charge >= 0.3 is 0 Å². The molecule has 128 valence electrons. The highest BCUT2D eigenvalue weighted by atomic mass is 35.5. The molecular formula is C16H16ClFN2O3S. The van der Waals surface area contributed by atoms with Crippen LogP contribution in [0.4, 0.5) is 10.1 Å². The Bertz CT molecular complexity index is 825. The summed E-state index contributed by atoms with van der Waals surface area (Å²) in [5, 5.41) is 2.90. The summed E-state index contributed by atoms with van der Waals surface area (Å²) in [4.78, 5) is 12.0. The second-order valence-corrected chi connectivity index (χ2v) is 7.36. The van der Waals surface area contributed by atoms with Crippen LogP contribution in [0.2, 0.25) is 5.02 Å². The standard InChI is InChI=1S/C16H16ClFN2O3S/c1-24(22,23)20(15-5-3-2-4-14(15)17)11-10-19-16(21)12-6-8-13(18)9-7-12/h2-9H,10-11H2,1H3,(H,19,21). The van der Waals surface area contributed by atoms with E-state index in [-0.39, 0.29) is 13.1 Å². The Morgan fingerprint density at radius 2 is 1.79 bits per heavy atom. The molecule has 2 aromatic carbocycles. The number of amides is 1. The number of carbonyl (C=O) groups is 1. The van der Waals surface area contributed by atoms with E-state index in [0.717, 1.165) is 10.6 Å². The molecule has 1 N–H and O–H groups in total. The fraction of sp³-hybridized carbons (Fsp3) is 0.188. The Morgan fingerprint density at radius 1 is 1.17 bits per heavy atom. The largest absolute Gasteiger partial charge is 0.350 e. The molecule has 2 aromatic rings. The molecule has 0 spiro atoms. The van der Waals surface area contributed by atoms with Crippen LogP contribution in [0.15, 0.2) is 48.5 Å². The zero-order valence-corrected chi connectivity index (χ0v) is 14.4. The first kappa shape index (κ1) is 18.2. The number of halogens is 2. The molecule has 0 bridgehead atoms. The van der Waals surface area contributed by atoms with Crippen LogP contribution in [-0.2, 0) is 10.0 Å². The summed E-state index contributed by atoms with van der Waals surface area (Å²) in [6.07, 6.45) is 1.07. The quantitative estimate of drug-likeness (QED) is 0.850. The van der Waals surface area contributed by atoms with Crippen LogP contribution in [-0.4, -0.2) is 33.7 Å². The van der Waals surface area contributed by atoms with Crippen molar-refractivity contribution < 1.29 is 17.6 Å². The first-order chi connectivity index (χ1) is 11.3. The van der Waals surface area contributed by atoms with Crippen molar-refractivity contribution in [3.63, 3.8) is 0 Å². The molecule has 0 unspecified atom stereocenters. The Kier molecular flexibility index (Phi) is 5.80. The van der Waals surface area contributed by atoms with Gasteiger partial charge in [-0.05, 0) is 36.4 Å². The fourth-order valence-electron chi connectivity index (χ4n) is 2.09. The van der Waals surface area contributed by atoms with Crippen molar-refractivity contribution in [2.45, 2.75) is 0 Å². The van der Waals surface area contributed by atoms with Crippen molar-refractivity contribution in [2.24, 2.45) is 0 Å². The molecule has 0 heterocycles. The number of hydrogen-bond donors (Lipinski definition) is 1. The Labute approximate surface area is 145 Å². The highest BCUT2D eigenvalue weighted by molar-refractivity contribution is 7.92. The summed E-state index contributed by atoms with van der Waals surface area (Å²) in [6.45, 7) is 0.101. The molecule has 0 atom stereocenters. The molecule has 0 radical (unpaired) electrons. The van der Waals surface area contributed by atoms with E-state index in [1.54, 1.807) is 24.3 Å². The smallest absolute Gasteiger partial charge is 0.251 e. The second kappa shape index (κ2) is 7.63. The highest BCUT2D eigenvalue weighted by Crippen LogP contribution is 2.26. The summed E-state index contributed by atoms with van der Waals surface area (Å²) in [7, 11) is -3.56. The van der Waals surface area contributed by atoms with E-state index in [9.17, 15) is 17.6 Å². The highest BCUT2D eigenvalue weighted by Gasteiger charge is 2.19. The van der Waals surface area contributed by atoms with Crippen LogP contribution in [0, 0.1) is 5.82 Å². The van der Waals surface area contributed by atoms with Gasteiger partial charge in [0.05, 0.1) is 23.5 Å². The number of anilines is 1. The van der Waals surface area contributed by atoms with Gasteiger partial charge in [-0.2, -0.15) is 0 Å². The fourth-order valence-corrected chi connectivity index (χ4v) is 3.32. The van der Waals surface area contributed by atoms with Gasteiger partial charge < -0.3 is 5.32 Å². The van der Waals surface area contributed by atoms with Gasteiger partial charge in [0.1, 0.15) is 5.82 Å². The minimum atomic E-state index is -3.56. The van der Waals surface area contributed by atoms with E-state index in [0.29, 0.717) is 16.3 Å². The third kappa shape index (κ3) is 4.69. The number of para-hydroxylation sites is 1. The average molecular weight is 371 g/mol. The van der Waals surface area contributed by atoms with Crippen LogP contribution in [0.1, 0.15) is 10.4 Å². The van der Waals surface area contributed by atoms with Gasteiger partial charge in [-0.3, -0.25) is 9.10 Å². The van der Waals surface area contributed by atoms with Gasteiger partial charge in [0.15, 0.2) is 0 Å². The Morgan fingerprint density at radius 3 is 2.38 bits per heavy atom. The van der Waals surface area contributed by atoms with Crippen molar-refractivity contribution in [1.29, 1.82) is 0 Å². The van der Waals surface area contributed by atoms with Gasteiger partial charge in [0.25, 0.3) is 5.91 Å². The molecule has 0 fully saturated rings. The lowest BCUT2D eigenvalue weighted by Gasteiger charge is -2.23. The SMILES string of the molecule is CS(=O)(=O)N(CCNC(=O)c1ccc(F)cc1)c1ccccc1Cl. The topological polar surface area (TPSA) is 66.5 Å². The molecule has 0 aliphatic carbocycles. The average Bonchev–Trinajstić information content (AvgIpc) is 2.52. The summed E-state index contributed by atoms with van der Waals surface area (Å²) in [5.41, 5.74) is 0.637. The minimum Gasteiger partial charge on any atom is -0.350 e. The van der Waals surface area contributed by atoms with E-state index in [2.05, 4.69) is 5.32 Å². The molecule has 0 saturated heterocycles. The third-order valence-electron chi connectivity index (χ3n) is 3.23. The van der Waals surface area contributed by atoms with Gasteiger partial charge in [-0.15, -0.1) is 0 Å². The lowest BCUT2D eigenvalue weighted by molar-refractivity contribution is 0.0955. The number of rotatable bonds is 6. The van der Waals surface area contributed by atoms with E-state index in [1.807, 2.05) is 0 Å². The first-order valence-corrected chi connectivity index (χ1v) is 9.27. The molecule has 0 aliphatic rings. The lowest BCUT2D eigenvalue weighted by atomic mass is 10.2. The van der Waals surface area contributed by atoms with Crippen molar-refractivity contribution in [3.8, 4) is 0 Å². The molecule has 24 heavy (non-hydrogen) atoms. The predicted octanol–water partition coefficient (Wildman–Crippen LogP) is 2.68. The molecule has 0 saturated carbocycles. The molecule has 5 nitrogen and oxygen atoms in total. The minimum absolute atomic E-state index is 0.0233. The lowest BCUT2D eigenvalue weighted by Crippen LogP contribution is -2.38. The Hall–Kier alpha value is -2.12. The van der Waals surface area contributed by atoms with Gasteiger partial charge in [0, 0.05) is 12.1 Å². The number of carbonyl (C=O) groups excluding carboxylic acids is 1. The zero-order chi connectivity index (χ0) is 17.7. The summed E-state index contributed by atoms with van der Waals surface area (Å²) < 4.78 is 37.9. The maximum absolute atomic E-state index is 12.8. The third-order valence-corrected chi connectivity index (χ3v) is 4.73. The molecule has 2 rings (SSSR count). The van der Waals surface area contributed by atoms with Crippen LogP contribution in [0.25, 0.3) is 0 Å². The molecule has 8 heteroatoms. The van der Waals surface area contributed by atoms with E-state index in [1.165, 1.54) is 24.3 Å². The number of sulfonamides is 1. The summed E-state index contributed by atoms with van der Waals surface area (Å²) in [6, 6.07) is 11.6.